The summed E-state index contributed by atoms with van der Waals surface area (Å²) in [5.74, 6) is 0.725. The fourth-order valence-corrected chi connectivity index (χ4v) is 1.99. The predicted molar refractivity (Wildman–Crippen MR) is 77.5 cm³/mol. The molecule has 1 aromatic heterocycles. The lowest BCUT2D eigenvalue weighted by Crippen LogP contribution is -2.21. The van der Waals surface area contributed by atoms with Gasteiger partial charge in [-0.3, -0.25) is 4.79 Å². The van der Waals surface area contributed by atoms with Gasteiger partial charge in [-0.2, -0.15) is 0 Å². The first-order chi connectivity index (χ1) is 8.84. The number of aromatic nitrogens is 2. The van der Waals surface area contributed by atoms with Crippen LogP contribution in [0.25, 0.3) is 0 Å². The van der Waals surface area contributed by atoms with E-state index in [4.69, 9.17) is 0 Å². The van der Waals surface area contributed by atoms with Crippen molar-refractivity contribution in [2.75, 3.05) is 0 Å². The van der Waals surface area contributed by atoms with Crippen LogP contribution in [0.2, 0.25) is 0 Å². The highest BCUT2D eigenvalue weighted by Crippen LogP contribution is 2.18. The molecule has 0 fully saturated rings. The topological polar surface area (TPSA) is 45.8 Å². The van der Waals surface area contributed by atoms with Crippen LogP contribution >= 0.6 is 0 Å². The molecule has 1 N–H and O–H groups in total. The largest absolute Gasteiger partial charge is 0.310 e. The minimum absolute atomic E-state index is 0.0809. The van der Waals surface area contributed by atoms with E-state index in [9.17, 15) is 4.79 Å². The molecule has 19 heavy (non-hydrogen) atoms. The average molecular weight is 256 g/mol. The zero-order valence-electron chi connectivity index (χ0n) is 11.9. The summed E-state index contributed by atoms with van der Waals surface area (Å²) >= 11 is 0. The molecule has 0 bridgehead atoms. The molecule has 0 radical (unpaired) electrons. The highest BCUT2D eigenvalue weighted by atomic mass is 16.1. The summed E-state index contributed by atoms with van der Waals surface area (Å²) in [4.78, 5) is 19.1. The number of hydrogen-bond donors (Lipinski definition) is 1. The Morgan fingerprint density at radius 1 is 1.21 bits per heavy atom. The number of H-pyrrole nitrogens is 1. The summed E-state index contributed by atoms with van der Waals surface area (Å²) in [6.07, 6.45) is 0.654. The Hall–Kier alpha value is -1.90. The van der Waals surface area contributed by atoms with Crippen molar-refractivity contribution in [2.24, 2.45) is 0 Å². The van der Waals surface area contributed by atoms with Crippen molar-refractivity contribution in [3.63, 3.8) is 0 Å². The van der Waals surface area contributed by atoms with Gasteiger partial charge in [0.2, 0.25) is 0 Å². The zero-order valence-corrected chi connectivity index (χ0v) is 11.9. The lowest BCUT2D eigenvalue weighted by Gasteiger charge is -2.17. The van der Waals surface area contributed by atoms with E-state index in [2.05, 4.69) is 55.9 Å². The number of aromatic amines is 1. The van der Waals surface area contributed by atoms with Crippen molar-refractivity contribution in [3.8, 4) is 0 Å². The first kappa shape index (κ1) is 13.5. The molecule has 100 valence electrons. The van der Waals surface area contributed by atoms with Gasteiger partial charge in [-0.25, -0.2) is 4.98 Å². The number of nitrogens with one attached hydrogen (secondary N) is 1. The third kappa shape index (κ3) is 3.53. The van der Waals surface area contributed by atoms with E-state index in [1.165, 1.54) is 5.56 Å². The van der Waals surface area contributed by atoms with Crippen LogP contribution in [0.3, 0.4) is 0 Å². The van der Waals surface area contributed by atoms with Crippen LogP contribution in [0.4, 0.5) is 0 Å². The van der Waals surface area contributed by atoms with Crippen molar-refractivity contribution < 1.29 is 0 Å². The lowest BCUT2D eigenvalue weighted by atomic mass is 9.92. The zero-order chi connectivity index (χ0) is 14.0. The molecule has 0 unspecified atom stereocenters. The van der Waals surface area contributed by atoms with Gasteiger partial charge >= 0.3 is 0 Å². The van der Waals surface area contributed by atoms with Gasteiger partial charge in [0, 0.05) is 17.9 Å². The molecule has 3 nitrogen and oxygen atoms in total. The van der Waals surface area contributed by atoms with Crippen molar-refractivity contribution >= 4 is 0 Å². The highest BCUT2D eigenvalue weighted by molar-refractivity contribution is 5.25. The molecule has 0 saturated carbocycles. The van der Waals surface area contributed by atoms with Gasteiger partial charge in [-0.05, 0) is 12.5 Å². The van der Waals surface area contributed by atoms with Crippen LogP contribution in [-0.4, -0.2) is 9.97 Å². The van der Waals surface area contributed by atoms with E-state index in [1.54, 1.807) is 6.07 Å². The number of rotatable bonds is 2. The van der Waals surface area contributed by atoms with Crippen LogP contribution < -0.4 is 5.56 Å². The molecule has 0 amide bonds. The normalized spacial score (nSPS) is 11.6. The molecule has 1 heterocycles. The molecule has 0 aliphatic heterocycles. The van der Waals surface area contributed by atoms with Crippen LogP contribution in [-0.2, 0) is 11.8 Å². The molecular formula is C16H20N2O. The average Bonchev–Trinajstić information content (AvgIpc) is 2.26. The fraction of sp³-hybridized carbons (Fsp3) is 0.375. The Kier molecular flexibility index (Phi) is 3.56. The second-order valence-electron chi connectivity index (χ2n) is 5.99. The predicted octanol–water partition coefficient (Wildman–Crippen LogP) is 2.97. The number of aryl methyl sites for hydroxylation is 1. The van der Waals surface area contributed by atoms with E-state index in [0.29, 0.717) is 6.42 Å². The minimum atomic E-state index is -0.115. The van der Waals surface area contributed by atoms with Crippen molar-refractivity contribution in [3.05, 3.63) is 63.3 Å². The van der Waals surface area contributed by atoms with E-state index in [-0.39, 0.29) is 11.0 Å². The van der Waals surface area contributed by atoms with Gasteiger partial charge in [-0.1, -0.05) is 50.6 Å². The number of hydrogen-bond acceptors (Lipinski definition) is 2. The van der Waals surface area contributed by atoms with E-state index in [1.807, 2.05) is 6.07 Å². The third-order valence-corrected chi connectivity index (χ3v) is 3.01. The van der Waals surface area contributed by atoms with E-state index < -0.39 is 0 Å². The van der Waals surface area contributed by atoms with Crippen molar-refractivity contribution in [2.45, 2.75) is 39.5 Å². The lowest BCUT2D eigenvalue weighted by molar-refractivity contribution is 0.561. The van der Waals surface area contributed by atoms with E-state index >= 15 is 0 Å². The second kappa shape index (κ2) is 5.00. The molecule has 3 heteroatoms. The molecule has 0 aliphatic carbocycles. The maximum Gasteiger partial charge on any atom is 0.251 e. The maximum atomic E-state index is 11.7. The quantitative estimate of drug-likeness (QED) is 0.898. The van der Waals surface area contributed by atoms with Crippen LogP contribution in [0.5, 0.6) is 0 Å². The smallest absolute Gasteiger partial charge is 0.251 e. The molecule has 1 aromatic carbocycles. The molecule has 2 aromatic rings. The Morgan fingerprint density at radius 2 is 1.95 bits per heavy atom. The Morgan fingerprint density at radius 3 is 2.58 bits per heavy atom. The second-order valence-corrected chi connectivity index (χ2v) is 5.99. The first-order valence-corrected chi connectivity index (χ1v) is 6.51. The number of nitrogens with zero attached hydrogens (tertiary/aromatic N) is 1. The minimum Gasteiger partial charge on any atom is -0.310 e. The summed E-state index contributed by atoms with van der Waals surface area (Å²) in [5, 5.41) is 0. The van der Waals surface area contributed by atoms with Crippen LogP contribution in [0, 0.1) is 6.92 Å². The van der Waals surface area contributed by atoms with Gasteiger partial charge < -0.3 is 4.98 Å². The molecule has 2 rings (SSSR count). The molecular weight excluding hydrogens is 236 g/mol. The van der Waals surface area contributed by atoms with Crippen LogP contribution in [0.15, 0.2) is 35.1 Å². The van der Waals surface area contributed by atoms with E-state index in [0.717, 1.165) is 17.1 Å². The summed E-state index contributed by atoms with van der Waals surface area (Å²) < 4.78 is 0. The Bertz CT molecular complexity index is 636. The maximum absolute atomic E-state index is 11.7. The number of benzene rings is 1. The molecule has 0 saturated heterocycles. The monoisotopic (exact) mass is 256 g/mol. The molecule has 0 atom stereocenters. The van der Waals surface area contributed by atoms with Gasteiger partial charge in [-0.15, -0.1) is 0 Å². The van der Waals surface area contributed by atoms with Crippen molar-refractivity contribution in [1.29, 1.82) is 0 Å². The van der Waals surface area contributed by atoms with Crippen molar-refractivity contribution in [1.82, 2.24) is 9.97 Å². The third-order valence-electron chi connectivity index (χ3n) is 3.01. The van der Waals surface area contributed by atoms with Gasteiger partial charge in [0.15, 0.2) is 0 Å². The highest BCUT2D eigenvalue weighted by Gasteiger charge is 2.17. The SMILES string of the molecule is Cc1cccc(Cc2nc(C(C)(C)C)cc(=O)[nH]2)c1. The summed E-state index contributed by atoms with van der Waals surface area (Å²) in [7, 11) is 0. The molecule has 0 spiro atoms. The van der Waals surface area contributed by atoms with Gasteiger partial charge in [0.05, 0.1) is 5.69 Å². The van der Waals surface area contributed by atoms with Crippen LogP contribution in [0.1, 0.15) is 43.4 Å². The standard InChI is InChI=1S/C16H20N2O/c1-11-6-5-7-12(8-11)9-14-17-13(16(2,3)4)10-15(19)18-14/h5-8,10H,9H2,1-4H3,(H,17,18,19). The fourth-order valence-electron chi connectivity index (χ4n) is 1.99. The van der Waals surface area contributed by atoms with Gasteiger partial charge in [0.1, 0.15) is 5.82 Å². The summed E-state index contributed by atoms with van der Waals surface area (Å²) in [6.45, 7) is 8.24. The summed E-state index contributed by atoms with van der Waals surface area (Å²) in [5.41, 5.74) is 3.01. The Labute approximate surface area is 113 Å². The molecule has 0 aliphatic rings. The van der Waals surface area contributed by atoms with Gasteiger partial charge in [0.25, 0.3) is 5.56 Å². The summed E-state index contributed by atoms with van der Waals surface area (Å²) in [6, 6.07) is 9.84. The first-order valence-electron chi connectivity index (χ1n) is 6.51. The Balaban J connectivity index is 2.36.